The number of hydrogen-bond acceptors (Lipinski definition) is 3. The van der Waals surface area contributed by atoms with Crippen molar-refractivity contribution in [1.29, 1.82) is 0 Å². The Labute approximate surface area is 121 Å². The summed E-state index contributed by atoms with van der Waals surface area (Å²) in [4.78, 5) is 14.9. The number of rotatable bonds is 6. The van der Waals surface area contributed by atoms with E-state index in [4.69, 9.17) is 22.7 Å². The van der Waals surface area contributed by atoms with Gasteiger partial charge < -0.3 is 15.4 Å². The van der Waals surface area contributed by atoms with Crippen LogP contribution in [0.3, 0.4) is 0 Å². The molecule has 19 heavy (non-hydrogen) atoms. The summed E-state index contributed by atoms with van der Waals surface area (Å²) >= 11 is 5.22. The van der Waals surface area contributed by atoms with Gasteiger partial charge in [-0.25, -0.2) is 0 Å². The first-order valence-electron chi connectivity index (χ1n) is 7.09. The molecule has 0 spiro atoms. The van der Waals surface area contributed by atoms with Gasteiger partial charge in [-0.1, -0.05) is 37.9 Å². The van der Waals surface area contributed by atoms with Gasteiger partial charge in [0, 0.05) is 27.3 Å². The van der Waals surface area contributed by atoms with Gasteiger partial charge in [0.25, 0.3) is 0 Å². The van der Waals surface area contributed by atoms with E-state index in [2.05, 4.69) is 0 Å². The Kier molecular flexibility index (Phi) is 6.72. The average molecular weight is 286 g/mol. The molecule has 1 aliphatic carbocycles. The van der Waals surface area contributed by atoms with E-state index in [0.29, 0.717) is 18.1 Å². The van der Waals surface area contributed by atoms with E-state index in [0.717, 1.165) is 32.1 Å². The van der Waals surface area contributed by atoms with Crippen LogP contribution in [0.4, 0.5) is 0 Å². The second-order valence-electron chi connectivity index (χ2n) is 5.43. The van der Waals surface area contributed by atoms with Crippen LogP contribution in [0.15, 0.2) is 0 Å². The first-order chi connectivity index (χ1) is 9.04. The zero-order valence-corrected chi connectivity index (χ0v) is 12.9. The molecule has 1 amide bonds. The molecule has 110 valence electrons. The van der Waals surface area contributed by atoms with Crippen molar-refractivity contribution < 1.29 is 9.53 Å². The minimum absolute atomic E-state index is 0.0954. The van der Waals surface area contributed by atoms with Gasteiger partial charge in [0.15, 0.2) is 0 Å². The van der Waals surface area contributed by atoms with Crippen molar-refractivity contribution in [2.75, 3.05) is 27.3 Å². The molecule has 0 aromatic heterocycles. The molecular weight excluding hydrogens is 260 g/mol. The van der Waals surface area contributed by atoms with E-state index < -0.39 is 5.41 Å². The monoisotopic (exact) mass is 286 g/mol. The van der Waals surface area contributed by atoms with Crippen molar-refractivity contribution >= 4 is 23.1 Å². The molecule has 2 N–H and O–H groups in total. The Hall–Kier alpha value is -0.680. The number of amides is 1. The molecule has 5 heteroatoms. The number of carbonyl (C=O) groups excluding carboxylic acids is 1. The van der Waals surface area contributed by atoms with Crippen LogP contribution in [-0.2, 0) is 9.53 Å². The van der Waals surface area contributed by atoms with E-state index in [1.165, 1.54) is 12.8 Å². The molecule has 1 saturated carbocycles. The number of nitrogens with zero attached hydrogens (tertiary/aromatic N) is 1. The minimum atomic E-state index is -0.604. The number of carbonyl (C=O) groups is 1. The van der Waals surface area contributed by atoms with Crippen molar-refractivity contribution in [3.05, 3.63) is 0 Å². The molecule has 0 aliphatic heterocycles. The molecule has 0 unspecified atom stereocenters. The van der Waals surface area contributed by atoms with Crippen molar-refractivity contribution in [2.24, 2.45) is 11.1 Å². The van der Waals surface area contributed by atoms with Crippen LogP contribution in [0.25, 0.3) is 0 Å². The van der Waals surface area contributed by atoms with Gasteiger partial charge in [0.2, 0.25) is 5.91 Å². The van der Waals surface area contributed by atoms with E-state index in [1.54, 1.807) is 12.0 Å². The quantitative estimate of drug-likeness (QED) is 0.461. The molecule has 0 aromatic rings. The summed E-state index contributed by atoms with van der Waals surface area (Å²) in [5.41, 5.74) is 5.32. The second kappa shape index (κ2) is 7.80. The molecule has 0 heterocycles. The Morgan fingerprint density at radius 2 is 1.89 bits per heavy atom. The molecule has 4 nitrogen and oxygen atoms in total. The van der Waals surface area contributed by atoms with Crippen LogP contribution < -0.4 is 5.73 Å². The summed E-state index contributed by atoms with van der Waals surface area (Å²) in [7, 11) is 3.51. The average Bonchev–Trinajstić information content (AvgIpc) is 2.64. The Morgan fingerprint density at radius 1 is 1.32 bits per heavy atom. The molecule has 1 rings (SSSR count). The summed E-state index contributed by atoms with van der Waals surface area (Å²) in [5, 5.41) is 0. The van der Waals surface area contributed by atoms with Gasteiger partial charge >= 0.3 is 0 Å². The smallest absolute Gasteiger partial charge is 0.235 e. The highest BCUT2D eigenvalue weighted by molar-refractivity contribution is 7.80. The predicted octanol–water partition coefficient (Wildman–Crippen LogP) is 2.11. The third kappa shape index (κ3) is 4.14. The number of thiocarbonyl (C=S) groups is 1. The highest BCUT2D eigenvalue weighted by Crippen LogP contribution is 2.37. The van der Waals surface area contributed by atoms with Crippen LogP contribution in [-0.4, -0.2) is 43.1 Å². The molecule has 1 fully saturated rings. The summed E-state index contributed by atoms with van der Waals surface area (Å²) in [6.45, 7) is 1.36. The van der Waals surface area contributed by atoms with Gasteiger partial charge in [-0.05, 0) is 19.3 Å². The van der Waals surface area contributed by atoms with Crippen LogP contribution in [0.5, 0.6) is 0 Å². The van der Waals surface area contributed by atoms with Gasteiger partial charge in [-0.3, -0.25) is 4.79 Å². The molecule has 0 radical (unpaired) electrons. The fourth-order valence-corrected chi connectivity index (χ4v) is 3.10. The highest BCUT2D eigenvalue weighted by Gasteiger charge is 2.42. The van der Waals surface area contributed by atoms with Crippen LogP contribution in [0, 0.1) is 5.41 Å². The standard InChI is InChI=1S/C14H26N2O2S/c1-16(10-7-11-18-2)13(17)14(12(15)19)8-5-3-4-6-9-14/h3-11H2,1-2H3,(H2,15,19). The topological polar surface area (TPSA) is 55.6 Å². The maximum absolute atomic E-state index is 12.7. The molecule has 0 saturated heterocycles. The summed E-state index contributed by atoms with van der Waals surface area (Å²) < 4.78 is 5.02. The molecular formula is C14H26N2O2S. The molecule has 1 aliphatic rings. The van der Waals surface area contributed by atoms with E-state index >= 15 is 0 Å². The normalized spacial score (nSPS) is 18.6. The van der Waals surface area contributed by atoms with Crippen LogP contribution >= 0.6 is 12.2 Å². The van der Waals surface area contributed by atoms with Crippen molar-refractivity contribution in [3.8, 4) is 0 Å². The number of ether oxygens (including phenoxy) is 1. The maximum atomic E-state index is 12.7. The third-order valence-electron chi connectivity index (χ3n) is 4.03. The maximum Gasteiger partial charge on any atom is 0.235 e. The van der Waals surface area contributed by atoms with Crippen molar-refractivity contribution in [2.45, 2.75) is 44.9 Å². The van der Waals surface area contributed by atoms with Crippen LogP contribution in [0.1, 0.15) is 44.9 Å². The van der Waals surface area contributed by atoms with E-state index in [9.17, 15) is 4.79 Å². The van der Waals surface area contributed by atoms with Gasteiger partial charge in [-0.15, -0.1) is 0 Å². The lowest BCUT2D eigenvalue weighted by molar-refractivity contribution is -0.137. The van der Waals surface area contributed by atoms with Crippen molar-refractivity contribution in [1.82, 2.24) is 4.90 Å². The van der Waals surface area contributed by atoms with Gasteiger partial charge in [-0.2, -0.15) is 0 Å². The minimum Gasteiger partial charge on any atom is -0.392 e. The first-order valence-corrected chi connectivity index (χ1v) is 7.50. The van der Waals surface area contributed by atoms with Gasteiger partial charge in [0.05, 0.1) is 10.4 Å². The predicted molar refractivity (Wildman–Crippen MR) is 81.1 cm³/mol. The Morgan fingerprint density at radius 3 is 2.37 bits per heavy atom. The number of nitrogens with two attached hydrogens (primary N) is 1. The van der Waals surface area contributed by atoms with Gasteiger partial charge in [0.1, 0.15) is 0 Å². The third-order valence-corrected chi connectivity index (χ3v) is 4.42. The lowest BCUT2D eigenvalue weighted by atomic mass is 9.79. The zero-order valence-electron chi connectivity index (χ0n) is 12.1. The van der Waals surface area contributed by atoms with E-state index in [1.807, 2.05) is 7.05 Å². The highest BCUT2D eigenvalue weighted by atomic mass is 32.1. The summed E-state index contributed by atoms with van der Waals surface area (Å²) in [6.07, 6.45) is 6.86. The lowest BCUT2D eigenvalue weighted by Crippen LogP contribution is -2.49. The number of hydrogen-bond donors (Lipinski definition) is 1. The number of methoxy groups -OCH3 is 1. The van der Waals surface area contributed by atoms with E-state index in [-0.39, 0.29) is 5.91 Å². The van der Waals surface area contributed by atoms with Crippen molar-refractivity contribution in [3.63, 3.8) is 0 Å². The summed E-state index contributed by atoms with van der Waals surface area (Å²) in [5.74, 6) is 0.0954. The fourth-order valence-electron chi connectivity index (χ4n) is 2.81. The Balaban J connectivity index is 2.74. The first kappa shape index (κ1) is 16.4. The largest absolute Gasteiger partial charge is 0.392 e. The second-order valence-corrected chi connectivity index (χ2v) is 5.87. The summed E-state index contributed by atoms with van der Waals surface area (Å²) in [6, 6.07) is 0. The molecule has 0 aromatic carbocycles. The Bertz CT molecular complexity index is 313. The van der Waals surface area contributed by atoms with Crippen LogP contribution in [0.2, 0.25) is 0 Å². The SMILES string of the molecule is COCCCN(C)C(=O)C1(C(N)=S)CCCCCC1. The zero-order chi connectivity index (χ0) is 14.3. The molecule has 0 bridgehead atoms. The molecule has 0 atom stereocenters. The fraction of sp³-hybridized carbons (Fsp3) is 0.857. The lowest BCUT2D eigenvalue weighted by Gasteiger charge is -2.34.